The van der Waals surface area contributed by atoms with Crippen molar-refractivity contribution in [2.45, 2.75) is 11.8 Å². The number of rotatable bonds is 1. The molecule has 0 aliphatic heterocycles. The standard InChI is InChI=1S/C7H8O4S.Na.H/c1-5-3-2-4-6(7(5)8)12(9,10)11;;/h2-4,8H,1H3,(H,9,10,11);;/q;+1;-1. The fourth-order valence-corrected chi connectivity index (χ4v) is 1.50. The summed E-state index contributed by atoms with van der Waals surface area (Å²) >= 11 is 0. The van der Waals surface area contributed by atoms with E-state index in [0.29, 0.717) is 5.56 Å². The van der Waals surface area contributed by atoms with Crippen molar-refractivity contribution in [3.63, 3.8) is 0 Å². The molecule has 6 heteroatoms. The zero-order valence-electron chi connectivity index (χ0n) is 8.35. The van der Waals surface area contributed by atoms with Crippen LogP contribution < -0.4 is 29.6 Å². The zero-order chi connectivity index (χ0) is 9.35. The van der Waals surface area contributed by atoms with E-state index in [2.05, 4.69) is 0 Å². The molecule has 0 aromatic heterocycles. The Labute approximate surface area is 100 Å². The Bertz CT molecular complexity index is 404. The van der Waals surface area contributed by atoms with E-state index in [9.17, 15) is 13.5 Å². The summed E-state index contributed by atoms with van der Waals surface area (Å²) in [7, 11) is -4.31. The monoisotopic (exact) mass is 212 g/mol. The molecule has 0 aliphatic carbocycles. The minimum absolute atomic E-state index is 0. The molecule has 13 heavy (non-hydrogen) atoms. The van der Waals surface area contributed by atoms with Crippen molar-refractivity contribution in [2.75, 3.05) is 0 Å². The van der Waals surface area contributed by atoms with E-state index in [-0.39, 0.29) is 31.0 Å². The van der Waals surface area contributed by atoms with Crippen molar-refractivity contribution >= 4 is 10.1 Å². The molecule has 4 nitrogen and oxygen atoms in total. The van der Waals surface area contributed by atoms with Crippen LogP contribution >= 0.6 is 0 Å². The van der Waals surface area contributed by atoms with Crippen LogP contribution in [0.2, 0.25) is 0 Å². The summed E-state index contributed by atoms with van der Waals surface area (Å²) in [6.45, 7) is 1.55. The second-order valence-corrected chi connectivity index (χ2v) is 3.79. The van der Waals surface area contributed by atoms with Gasteiger partial charge >= 0.3 is 29.6 Å². The Morgan fingerprint density at radius 1 is 1.38 bits per heavy atom. The summed E-state index contributed by atoms with van der Waals surface area (Å²) in [4.78, 5) is -0.456. The molecule has 1 rings (SSSR count). The molecule has 0 heterocycles. The molecule has 1 aromatic rings. The summed E-state index contributed by atoms with van der Waals surface area (Å²) in [5, 5.41) is 9.19. The normalized spacial score (nSPS) is 10.6. The maximum atomic E-state index is 10.6. The average molecular weight is 212 g/mol. The Balaban J connectivity index is 0. The third-order valence-corrected chi connectivity index (χ3v) is 2.36. The Hall–Kier alpha value is -0.0700. The maximum Gasteiger partial charge on any atom is 1.00 e. The first kappa shape index (κ1) is 12.9. The summed E-state index contributed by atoms with van der Waals surface area (Å²) in [6, 6.07) is 4.12. The molecule has 0 radical (unpaired) electrons. The predicted octanol–water partition coefficient (Wildman–Crippen LogP) is -1.94. The van der Waals surface area contributed by atoms with Gasteiger partial charge in [0.25, 0.3) is 10.1 Å². The topological polar surface area (TPSA) is 74.6 Å². The van der Waals surface area contributed by atoms with Crippen molar-refractivity contribution in [2.24, 2.45) is 0 Å². The largest absolute Gasteiger partial charge is 1.00 e. The second-order valence-electron chi connectivity index (χ2n) is 2.40. The number of benzene rings is 1. The van der Waals surface area contributed by atoms with Crippen LogP contribution in [0.3, 0.4) is 0 Å². The quantitative estimate of drug-likeness (QED) is 0.419. The Kier molecular flexibility index (Phi) is 4.41. The number of phenols is 1. The summed E-state index contributed by atoms with van der Waals surface area (Å²) < 4.78 is 29.8. The van der Waals surface area contributed by atoms with E-state index < -0.39 is 20.8 Å². The third-order valence-electron chi connectivity index (χ3n) is 1.48. The first-order chi connectivity index (χ1) is 5.43. The molecule has 0 saturated carbocycles. The number of para-hydroxylation sites is 1. The number of hydrogen-bond donors (Lipinski definition) is 2. The molecule has 0 spiro atoms. The number of phenolic OH excluding ortho intramolecular Hbond substituents is 1. The van der Waals surface area contributed by atoms with Crippen LogP contribution in [0, 0.1) is 6.92 Å². The fourth-order valence-electron chi connectivity index (χ4n) is 0.840. The second kappa shape index (κ2) is 4.43. The van der Waals surface area contributed by atoms with E-state index in [1.807, 2.05) is 0 Å². The van der Waals surface area contributed by atoms with Crippen molar-refractivity contribution in [1.82, 2.24) is 0 Å². The van der Waals surface area contributed by atoms with Gasteiger partial charge in [0.1, 0.15) is 10.6 Å². The number of hydrogen-bond acceptors (Lipinski definition) is 3. The number of aryl methyl sites for hydroxylation is 1. The van der Waals surface area contributed by atoms with E-state index in [1.165, 1.54) is 6.07 Å². The van der Waals surface area contributed by atoms with Gasteiger partial charge in [0.15, 0.2) is 0 Å². The van der Waals surface area contributed by atoms with Crippen LogP contribution in [0.4, 0.5) is 0 Å². The van der Waals surface area contributed by atoms with Gasteiger partial charge in [-0.1, -0.05) is 12.1 Å². The molecule has 0 aliphatic rings. The van der Waals surface area contributed by atoms with Gasteiger partial charge in [0.2, 0.25) is 0 Å². The maximum absolute atomic E-state index is 10.6. The molecule has 2 N–H and O–H groups in total. The molecule has 0 fully saturated rings. The Morgan fingerprint density at radius 2 is 1.92 bits per heavy atom. The van der Waals surface area contributed by atoms with Gasteiger partial charge in [-0.25, -0.2) is 0 Å². The first-order valence-electron chi connectivity index (χ1n) is 3.19. The molecule has 0 bridgehead atoms. The SMILES string of the molecule is Cc1cccc(S(=O)(=O)O)c1O.[H-].[Na+]. The van der Waals surface area contributed by atoms with Crippen molar-refractivity contribution < 1.29 is 49.1 Å². The van der Waals surface area contributed by atoms with E-state index in [1.54, 1.807) is 13.0 Å². The average Bonchev–Trinajstić information content (AvgIpc) is 1.92. The van der Waals surface area contributed by atoms with Gasteiger partial charge in [0, 0.05) is 0 Å². The summed E-state index contributed by atoms with van der Waals surface area (Å²) in [6.07, 6.45) is 0. The predicted molar refractivity (Wildman–Crippen MR) is 43.8 cm³/mol. The van der Waals surface area contributed by atoms with Crippen LogP contribution in [0.5, 0.6) is 5.75 Å². The first-order valence-corrected chi connectivity index (χ1v) is 4.63. The molecule has 0 amide bonds. The molecule has 0 saturated heterocycles. The fraction of sp³-hybridized carbons (Fsp3) is 0.143. The molecule has 0 unspecified atom stereocenters. The molecule has 0 atom stereocenters. The smallest absolute Gasteiger partial charge is 1.00 e. The van der Waals surface area contributed by atoms with Crippen LogP contribution in [-0.4, -0.2) is 18.1 Å². The summed E-state index contributed by atoms with van der Waals surface area (Å²) in [5.74, 6) is -0.403. The van der Waals surface area contributed by atoms with Crippen molar-refractivity contribution in [3.05, 3.63) is 23.8 Å². The van der Waals surface area contributed by atoms with Crippen molar-refractivity contribution in [1.29, 1.82) is 0 Å². The van der Waals surface area contributed by atoms with Gasteiger partial charge in [-0.05, 0) is 18.6 Å². The van der Waals surface area contributed by atoms with Gasteiger partial charge in [-0.3, -0.25) is 4.55 Å². The van der Waals surface area contributed by atoms with E-state index in [0.717, 1.165) is 6.07 Å². The Morgan fingerprint density at radius 3 is 2.31 bits per heavy atom. The van der Waals surface area contributed by atoms with Crippen LogP contribution in [0.1, 0.15) is 6.99 Å². The molecular formula is C7H9NaO4S. The van der Waals surface area contributed by atoms with Crippen LogP contribution in [0.25, 0.3) is 0 Å². The minimum Gasteiger partial charge on any atom is -1.00 e. The third kappa shape index (κ3) is 2.96. The van der Waals surface area contributed by atoms with Crippen LogP contribution in [-0.2, 0) is 10.1 Å². The van der Waals surface area contributed by atoms with Gasteiger partial charge in [-0.15, -0.1) is 0 Å². The van der Waals surface area contributed by atoms with Crippen LogP contribution in [0.15, 0.2) is 23.1 Å². The molecular weight excluding hydrogens is 203 g/mol. The molecule has 1 aromatic carbocycles. The molecule has 68 valence electrons. The van der Waals surface area contributed by atoms with Gasteiger partial charge in [-0.2, -0.15) is 8.42 Å². The van der Waals surface area contributed by atoms with Gasteiger partial charge in [0.05, 0.1) is 0 Å². The van der Waals surface area contributed by atoms with E-state index >= 15 is 0 Å². The zero-order valence-corrected chi connectivity index (χ0v) is 10.2. The van der Waals surface area contributed by atoms with E-state index in [4.69, 9.17) is 4.55 Å². The van der Waals surface area contributed by atoms with Crippen molar-refractivity contribution in [3.8, 4) is 5.75 Å². The summed E-state index contributed by atoms with van der Waals surface area (Å²) in [5.41, 5.74) is 0.408. The van der Waals surface area contributed by atoms with Gasteiger partial charge < -0.3 is 6.53 Å². The number of aromatic hydroxyl groups is 1. The minimum atomic E-state index is -4.31.